The second-order valence-corrected chi connectivity index (χ2v) is 20.3. The van der Waals surface area contributed by atoms with Crippen molar-refractivity contribution < 1.29 is 24.5 Å². The van der Waals surface area contributed by atoms with Gasteiger partial charge in [0.1, 0.15) is 0 Å². The Bertz CT molecular complexity index is 913. The molecule has 0 radical (unpaired) electrons. The van der Waals surface area contributed by atoms with Gasteiger partial charge in [0.05, 0.1) is 25.4 Å². The Morgan fingerprint density at radius 2 is 0.641 bits per heavy atom. The van der Waals surface area contributed by atoms with Gasteiger partial charge in [0, 0.05) is 12.8 Å². The third kappa shape index (κ3) is 50.3. The summed E-state index contributed by atoms with van der Waals surface area (Å²) in [5.74, 6) is -0.0596. The summed E-state index contributed by atoms with van der Waals surface area (Å²) in [6, 6.07) is -0.555. The quantitative estimate of drug-likeness (QED) is 0.0417. The number of carbonyl (C=O) groups excluding carboxylic acids is 2. The molecule has 0 heterocycles. The first-order valence-corrected chi connectivity index (χ1v) is 29.3. The zero-order chi connectivity index (χ0) is 46.5. The minimum Gasteiger partial charge on any atom is -0.466 e. The zero-order valence-electron chi connectivity index (χ0n) is 43.5. The molecule has 2 atom stereocenters. The highest BCUT2D eigenvalue weighted by atomic mass is 16.5. The number of hydrogen-bond acceptors (Lipinski definition) is 5. The number of ether oxygens (including phenoxy) is 1. The first-order chi connectivity index (χ1) is 31.5. The maximum Gasteiger partial charge on any atom is 0.305 e. The van der Waals surface area contributed by atoms with Gasteiger partial charge < -0.3 is 20.3 Å². The molecule has 64 heavy (non-hydrogen) atoms. The molecule has 0 saturated heterocycles. The molecule has 3 N–H and O–H groups in total. The highest BCUT2D eigenvalue weighted by Gasteiger charge is 2.20. The summed E-state index contributed by atoms with van der Waals surface area (Å²) in [5, 5.41) is 23.3. The van der Waals surface area contributed by atoms with Crippen LogP contribution in [-0.4, -0.2) is 47.4 Å². The highest BCUT2D eigenvalue weighted by molar-refractivity contribution is 5.76. The molecule has 0 bridgehead atoms. The molecule has 0 spiro atoms. The van der Waals surface area contributed by atoms with Crippen LogP contribution < -0.4 is 5.32 Å². The van der Waals surface area contributed by atoms with Crippen molar-refractivity contribution in [2.24, 2.45) is 0 Å². The lowest BCUT2D eigenvalue weighted by Gasteiger charge is -2.22. The summed E-state index contributed by atoms with van der Waals surface area (Å²) >= 11 is 0. The predicted octanol–water partition coefficient (Wildman–Crippen LogP) is 17.9. The molecule has 0 saturated carbocycles. The first kappa shape index (κ1) is 62.9. The second kappa shape index (κ2) is 54.5. The molecule has 0 fully saturated rings. The van der Waals surface area contributed by atoms with Crippen LogP contribution in [0.1, 0.15) is 335 Å². The fourth-order valence-corrected chi connectivity index (χ4v) is 9.41. The van der Waals surface area contributed by atoms with Crippen molar-refractivity contribution >= 4 is 11.9 Å². The lowest BCUT2D eigenvalue weighted by Crippen LogP contribution is -2.45. The van der Waals surface area contributed by atoms with E-state index in [1.165, 1.54) is 244 Å². The molecule has 6 nitrogen and oxygen atoms in total. The van der Waals surface area contributed by atoms with E-state index in [0.29, 0.717) is 25.9 Å². The molecule has 0 aromatic carbocycles. The molecule has 6 heteroatoms. The Morgan fingerprint density at radius 1 is 0.375 bits per heavy atom. The van der Waals surface area contributed by atoms with Crippen molar-refractivity contribution in [1.82, 2.24) is 5.32 Å². The molecule has 0 aliphatic heterocycles. The Hall–Kier alpha value is -1.14. The van der Waals surface area contributed by atoms with Gasteiger partial charge in [-0.25, -0.2) is 0 Å². The van der Waals surface area contributed by atoms with Crippen LogP contribution in [-0.2, 0) is 14.3 Å². The number of amides is 1. The number of rotatable bonds is 55. The summed E-state index contributed by atoms with van der Waals surface area (Å²) in [6.07, 6.45) is 62.3. The molecule has 0 aromatic heterocycles. The van der Waals surface area contributed by atoms with E-state index in [1.807, 2.05) is 0 Å². The van der Waals surface area contributed by atoms with Gasteiger partial charge in [-0.3, -0.25) is 9.59 Å². The molecule has 0 rings (SSSR count). The van der Waals surface area contributed by atoms with E-state index in [1.54, 1.807) is 0 Å². The third-order valence-electron chi connectivity index (χ3n) is 13.9. The van der Waals surface area contributed by atoms with Gasteiger partial charge in [-0.15, -0.1) is 0 Å². The van der Waals surface area contributed by atoms with Gasteiger partial charge in [-0.2, -0.15) is 0 Å². The van der Waals surface area contributed by atoms with Gasteiger partial charge >= 0.3 is 5.97 Å². The molecule has 2 unspecified atom stereocenters. The summed E-state index contributed by atoms with van der Waals surface area (Å²) in [5.41, 5.74) is 0. The van der Waals surface area contributed by atoms with E-state index < -0.39 is 12.1 Å². The fraction of sp³-hybridized carbons (Fsp3) is 0.966. The van der Waals surface area contributed by atoms with Gasteiger partial charge in [-0.1, -0.05) is 296 Å². The monoisotopic (exact) mass is 906 g/mol. The highest BCUT2D eigenvalue weighted by Crippen LogP contribution is 2.18. The number of aliphatic hydroxyl groups excluding tert-OH is 2. The van der Waals surface area contributed by atoms with Gasteiger partial charge in [0.2, 0.25) is 5.91 Å². The van der Waals surface area contributed by atoms with Crippen LogP contribution in [0.15, 0.2) is 0 Å². The van der Waals surface area contributed by atoms with Crippen LogP contribution in [0, 0.1) is 0 Å². The Balaban J connectivity index is 3.44. The SMILES string of the molecule is CCCCCCCCCCCCCCCCCCCCCCCCCC(O)C(CO)NC(=O)CCCCCCCCCCCCCOC(=O)CCCCCCCCCCCCCCC. The maximum absolute atomic E-state index is 12.5. The van der Waals surface area contributed by atoms with Gasteiger partial charge in [-0.05, 0) is 25.7 Å². The van der Waals surface area contributed by atoms with Crippen molar-refractivity contribution in [2.75, 3.05) is 13.2 Å². The number of nitrogens with one attached hydrogen (secondary N) is 1. The Morgan fingerprint density at radius 3 is 0.953 bits per heavy atom. The molecule has 382 valence electrons. The summed E-state index contributed by atoms with van der Waals surface area (Å²) < 4.78 is 5.46. The molecular weight excluding hydrogens is 791 g/mol. The minimum absolute atomic E-state index is 0.0105. The molecule has 0 aromatic rings. The average Bonchev–Trinajstić information content (AvgIpc) is 3.29. The normalized spacial score (nSPS) is 12.5. The third-order valence-corrected chi connectivity index (χ3v) is 13.9. The number of carbonyl (C=O) groups is 2. The van der Waals surface area contributed by atoms with Crippen LogP contribution in [0.25, 0.3) is 0 Å². The number of hydrogen-bond donors (Lipinski definition) is 3. The van der Waals surface area contributed by atoms with E-state index in [0.717, 1.165) is 57.8 Å². The maximum atomic E-state index is 12.5. The smallest absolute Gasteiger partial charge is 0.305 e. The average molecular weight is 907 g/mol. The number of esters is 1. The number of aliphatic hydroxyl groups is 2. The van der Waals surface area contributed by atoms with Crippen molar-refractivity contribution in [3.05, 3.63) is 0 Å². The largest absolute Gasteiger partial charge is 0.466 e. The Labute approximate surface area is 400 Å². The lowest BCUT2D eigenvalue weighted by molar-refractivity contribution is -0.143. The van der Waals surface area contributed by atoms with E-state index in [9.17, 15) is 19.8 Å². The van der Waals surface area contributed by atoms with E-state index in [2.05, 4.69) is 19.2 Å². The van der Waals surface area contributed by atoms with E-state index in [4.69, 9.17) is 4.74 Å². The van der Waals surface area contributed by atoms with E-state index >= 15 is 0 Å². The van der Waals surface area contributed by atoms with E-state index in [-0.39, 0.29) is 18.5 Å². The van der Waals surface area contributed by atoms with Crippen LogP contribution in [0.4, 0.5) is 0 Å². The van der Waals surface area contributed by atoms with Crippen molar-refractivity contribution in [1.29, 1.82) is 0 Å². The van der Waals surface area contributed by atoms with Crippen molar-refractivity contribution in [3.63, 3.8) is 0 Å². The summed E-state index contributed by atoms with van der Waals surface area (Å²) in [6.45, 7) is 4.94. The Kier molecular flexibility index (Phi) is 53.5. The van der Waals surface area contributed by atoms with Crippen LogP contribution in [0.5, 0.6) is 0 Å². The lowest BCUT2D eigenvalue weighted by atomic mass is 10.0. The first-order valence-electron chi connectivity index (χ1n) is 29.3. The molecule has 0 aliphatic carbocycles. The molecular formula is C58H115NO5. The zero-order valence-corrected chi connectivity index (χ0v) is 43.5. The second-order valence-electron chi connectivity index (χ2n) is 20.3. The topological polar surface area (TPSA) is 95.9 Å². The van der Waals surface area contributed by atoms with Crippen LogP contribution >= 0.6 is 0 Å². The standard InChI is InChI=1S/C58H115NO5/c1-3-5-7-9-11-13-15-17-18-19-20-21-22-23-24-25-26-28-30-34-38-42-46-50-56(61)55(54-60)59-57(62)51-47-43-39-35-31-29-33-37-41-45-49-53-64-58(63)52-48-44-40-36-32-27-16-14-12-10-8-6-4-2/h55-56,60-61H,3-54H2,1-2H3,(H,59,62). The van der Waals surface area contributed by atoms with Crippen LogP contribution in [0.3, 0.4) is 0 Å². The van der Waals surface area contributed by atoms with Gasteiger partial charge in [0.25, 0.3) is 0 Å². The molecule has 1 amide bonds. The fourth-order valence-electron chi connectivity index (χ4n) is 9.41. The summed E-state index contributed by atoms with van der Waals surface area (Å²) in [4.78, 5) is 24.5. The predicted molar refractivity (Wildman–Crippen MR) is 278 cm³/mol. The molecule has 0 aliphatic rings. The van der Waals surface area contributed by atoms with Crippen LogP contribution in [0.2, 0.25) is 0 Å². The van der Waals surface area contributed by atoms with Gasteiger partial charge in [0.15, 0.2) is 0 Å². The van der Waals surface area contributed by atoms with Crippen molar-refractivity contribution in [3.8, 4) is 0 Å². The van der Waals surface area contributed by atoms with Crippen molar-refractivity contribution in [2.45, 2.75) is 347 Å². The minimum atomic E-state index is -0.676. The number of unbranched alkanes of at least 4 members (excludes halogenated alkanes) is 44. The summed E-state index contributed by atoms with van der Waals surface area (Å²) in [7, 11) is 0.